The molecule has 0 aliphatic carbocycles. The van der Waals surface area contributed by atoms with Crippen LogP contribution in [0.25, 0.3) is 60.5 Å². The van der Waals surface area contributed by atoms with Gasteiger partial charge >= 0.3 is 21.1 Å². The summed E-state index contributed by atoms with van der Waals surface area (Å²) in [7, 11) is 0. The third-order valence-corrected chi connectivity index (χ3v) is 11.6. The van der Waals surface area contributed by atoms with E-state index in [0.717, 1.165) is 83.6 Å². The molecule has 0 saturated heterocycles. The minimum absolute atomic E-state index is 0. The monoisotopic (exact) mass is 992 g/mol. The Morgan fingerprint density at radius 2 is 1.19 bits per heavy atom. The second-order valence-corrected chi connectivity index (χ2v) is 15.3. The van der Waals surface area contributed by atoms with Gasteiger partial charge in [0.2, 0.25) is 0 Å². The van der Waals surface area contributed by atoms with Crippen molar-refractivity contribution in [2.75, 3.05) is 9.80 Å². The van der Waals surface area contributed by atoms with Gasteiger partial charge in [-0.25, -0.2) is 0 Å². The van der Waals surface area contributed by atoms with Gasteiger partial charge < -0.3 is 24.4 Å². The predicted molar refractivity (Wildman–Crippen MR) is 253 cm³/mol. The Kier molecular flexibility index (Phi) is 10.8. The fraction of sp³-hybridized carbons (Fsp3) is 0.0357. The van der Waals surface area contributed by atoms with Crippen molar-refractivity contribution in [3.63, 3.8) is 0 Å². The molecule has 0 bridgehead atoms. The number of hydrogen-bond donors (Lipinski definition) is 0. The summed E-state index contributed by atoms with van der Waals surface area (Å²) in [5.41, 5.74) is 15.1. The van der Waals surface area contributed by atoms with Gasteiger partial charge in [0.15, 0.2) is 0 Å². The van der Waals surface area contributed by atoms with Crippen LogP contribution in [0, 0.1) is 25.7 Å². The van der Waals surface area contributed by atoms with E-state index >= 15 is 0 Å². The van der Waals surface area contributed by atoms with Gasteiger partial charge in [0, 0.05) is 57.6 Å². The van der Waals surface area contributed by atoms with Crippen molar-refractivity contribution >= 4 is 50.2 Å². The number of hydrogen-bond acceptors (Lipinski definition) is 4. The zero-order chi connectivity index (χ0) is 41.4. The zero-order valence-corrected chi connectivity index (χ0v) is 36.6. The number of para-hydroxylation sites is 4. The summed E-state index contributed by atoms with van der Waals surface area (Å²) in [6, 6.07) is 72.5. The van der Waals surface area contributed by atoms with E-state index in [1.807, 2.05) is 30.6 Å². The van der Waals surface area contributed by atoms with Crippen LogP contribution in [0.3, 0.4) is 0 Å². The van der Waals surface area contributed by atoms with Crippen molar-refractivity contribution in [1.29, 1.82) is 0 Å². The first kappa shape index (κ1) is 39.7. The molecule has 8 aromatic carbocycles. The van der Waals surface area contributed by atoms with Crippen molar-refractivity contribution in [2.45, 2.75) is 13.6 Å². The molecule has 10 aromatic rings. The molecule has 0 spiro atoms. The molecular formula is C56H39N5OPt. The smallest absolute Gasteiger partial charge is 0.668 e. The second kappa shape index (κ2) is 17.2. The number of fused-ring (bicyclic) bond motifs is 4. The first-order valence-corrected chi connectivity index (χ1v) is 20.7. The maximum atomic E-state index is 6.61. The van der Waals surface area contributed by atoms with Crippen molar-refractivity contribution in [3.05, 3.63) is 230 Å². The van der Waals surface area contributed by atoms with E-state index in [1.54, 1.807) is 0 Å². The molecule has 11 rings (SSSR count). The van der Waals surface area contributed by atoms with Crippen LogP contribution in [0.1, 0.15) is 5.56 Å². The van der Waals surface area contributed by atoms with E-state index in [1.165, 1.54) is 5.56 Å². The zero-order valence-electron chi connectivity index (χ0n) is 34.3. The first-order chi connectivity index (χ1) is 30.7. The molecule has 0 amide bonds. The van der Waals surface area contributed by atoms with Crippen LogP contribution in [0.2, 0.25) is 0 Å². The first-order valence-electron chi connectivity index (χ1n) is 20.7. The van der Waals surface area contributed by atoms with Crippen LogP contribution >= 0.6 is 0 Å². The predicted octanol–water partition coefficient (Wildman–Crippen LogP) is 15.0. The Balaban J connectivity index is 0.00000471. The molecule has 0 fully saturated rings. The maximum absolute atomic E-state index is 6.61. The molecular weight excluding hydrogens is 954 g/mol. The minimum atomic E-state index is 0. The van der Waals surface area contributed by atoms with Crippen LogP contribution in [-0.4, -0.2) is 9.55 Å². The number of benzene rings is 8. The van der Waals surface area contributed by atoms with Crippen LogP contribution in [0.15, 0.2) is 200 Å². The molecule has 2 aromatic heterocycles. The van der Waals surface area contributed by atoms with Gasteiger partial charge in [-0.15, -0.1) is 53.8 Å². The molecule has 1 aliphatic rings. The summed E-state index contributed by atoms with van der Waals surface area (Å²) in [4.78, 5) is 8.74. The average molecular weight is 993 g/mol. The molecule has 7 heteroatoms. The summed E-state index contributed by atoms with van der Waals surface area (Å²) in [6.45, 7) is 4.68. The van der Waals surface area contributed by atoms with Gasteiger partial charge in [-0.3, -0.25) is 4.98 Å². The molecule has 0 saturated carbocycles. The molecule has 6 nitrogen and oxygen atoms in total. The van der Waals surface area contributed by atoms with E-state index < -0.39 is 0 Å². The molecule has 0 N–H and O–H groups in total. The number of aromatic nitrogens is 2. The van der Waals surface area contributed by atoms with Gasteiger partial charge in [0.1, 0.15) is 0 Å². The van der Waals surface area contributed by atoms with Gasteiger partial charge in [-0.2, -0.15) is 12.1 Å². The van der Waals surface area contributed by atoms with Crippen molar-refractivity contribution in [1.82, 2.24) is 9.55 Å². The third kappa shape index (κ3) is 7.53. The molecule has 1 aliphatic heterocycles. The minimum Gasteiger partial charge on any atom is -0.668 e. The molecule has 304 valence electrons. The quantitative estimate of drug-likeness (QED) is 0.128. The van der Waals surface area contributed by atoms with Crippen LogP contribution in [0.4, 0.5) is 28.4 Å². The van der Waals surface area contributed by atoms with E-state index in [2.05, 4.69) is 215 Å². The van der Waals surface area contributed by atoms with Crippen LogP contribution in [0.5, 0.6) is 11.5 Å². The van der Waals surface area contributed by atoms with Crippen molar-refractivity contribution in [3.8, 4) is 44.9 Å². The van der Waals surface area contributed by atoms with Crippen LogP contribution in [-0.2, 0) is 27.7 Å². The summed E-state index contributed by atoms with van der Waals surface area (Å²) in [5.74, 6) is 1.19. The third-order valence-electron chi connectivity index (χ3n) is 11.6. The number of anilines is 4. The van der Waals surface area contributed by atoms with Crippen LogP contribution < -0.4 is 14.5 Å². The van der Waals surface area contributed by atoms with E-state index in [4.69, 9.17) is 10.1 Å². The Labute approximate surface area is 381 Å². The Bertz CT molecular complexity index is 3160. The summed E-state index contributed by atoms with van der Waals surface area (Å²) >= 11 is 0. The Hall–Kier alpha value is -7.40. The number of pyridine rings is 1. The van der Waals surface area contributed by atoms with E-state index in [9.17, 15) is 0 Å². The van der Waals surface area contributed by atoms with E-state index in [-0.39, 0.29) is 21.1 Å². The molecule has 0 unspecified atom stereocenters. The van der Waals surface area contributed by atoms with Crippen molar-refractivity contribution in [2.24, 2.45) is 0 Å². The standard InChI is InChI=1S/C56H39N5O.Pt/c1-39-36-57-33-32-47(39)42-26-28-43(29-27-42)58-37-59-52-23-9-8-20-50(52)51-31-30-46(35-55(51)59)62-45-19-12-18-44(34-45)60-38-61(54-25-11-10-24-53(54)60)56-48(40-14-4-2-5-15-40)21-13-22-49(56)41-16-6-3-7-17-41;/h2-33,36,38H,37H2,1H3;/q-4;+4. The van der Waals surface area contributed by atoms with E-state index in [0.29, 0.717) is 18.2 Å². The number of rotatable bonds is 10. The SMILES string of the molecule is Cc1cnccc1-c1ccc([N-]Cn2c3[c-]c(Oc4[c-]c(N5[CH-]N(c6c(-c7ccccc7)cccc6-c6ccccc6)c6ccccc65)ccc4)ccc3c3ccccc32)cc1.[Pt+4]. The molecule has 3 heterocycles. The van der Waals surface area contributed by atoms with Crippen molar-refractivity contribution < 1.29 is 25.8 Å². The Morgan fingerprint density at radius 1 is 0.556 bits per heavy atom. The molecule has 63 heavy (non-hydrogen) atoms. The number of ether oxygens (including phenoxy) is 1. The fourth-order valence-electron chi connectivity index (χ4n) is 8.59. The van der Waals surface area contributed by atoms with Gasteiger partial charge in [0.25, 0.3) is 0 Å². The molecule has 0 atom stereocenters. The van der Waals surface area contributed by atoms with Gasteiger partial charge in [0.05, 0.1) is 0 Å². The topological polar surface area (TPSA) is 47.6 Å². The normalized spacial score (nSPS) is 12.0. The largest absolute Gasteiger partial charge is 4.00 e. The number of aryl methyl sites for hydroxylation is 1. The Morgan fingerprint density at radius 3 is 1.92 bits per heavy atom. The summed E-state index contributed by atoms with van der Waals surface area (Å²) in [6.07, 6.45) is 3.73. The number of nitrogens with zero attached hydrogens (tertiary/aromatic N) is 5. The molecule has 0 radical (unpaired) electrons. The average Bonchev–Trinajstić information content (AvgIpc) is 3.87. The fourth-order valence-corrected chi connectivity index (χ4v) is 8.59. The van der Waals surface area contributed by atoms with Gasteiger partial charge in [-0.1, -0.05) is 146 Å². The summed E-state index contributed by atoms with van der Waals surface area (Å²) in [5, 5.41) is 7.28. The maximum Gasteiger partial charge on any atom is 4.00 e. The second-order valence-electron chi connectivity index (χ2n) is 15.3. The van der Waals surface area contributed by atoms with Gasteiger partial charge in [-0.05, 0) is 64.4 Å². The summed E-state index contributed by atoms with van der Waals surface area (Å²) < 4.78 is 8.81.